The lowest BCUT2D eigenvalue weighted by Gasteiger charge is -2.36. The Morgan fingerprint density at radius 3 is 2.35 bits per heavy atom. The summed E-state index contributed by atoms with van der Waals surface area (Å²) in [5, 5.41) is 1.03. The van der Waals surface area contributed by atoms with Crippen LogP contribution in [-0.2, 0) is 6.18 Å². The molecular weight excluding hydrogens is 327 g/mol. The first-order valence-electron chi connectivity index (χ1n) is 7.38. The predicted octanol–water partition coefficient (Wildman–Crippen LogP) is 2.50. The molecule has 126 valence electrons. The number of rotatable bonds is 1. The van der Waals surface area contributed by atoms with E-state index in [4.69, 9.17) is 0 Å². The van der Waals surface area contributed by atoms with E-state index < -0.39 is 11.9 Å². The molecule has 3 rings (SSSR count). The molecule has 0 unspecified atom stereocenters. The van der Waals surface area contributed by atoms with Crippen molar-refractivity contribution >= 4 is 22.9 Å². The molecule has 1 aromatic rings. The molecule has 3 heterocycles. The van der Waals surface area contributed by atoms with Crippen LogP contribution >= 0.6 is 11.8 Å². The van der Waals surface area contributed by atoms with Gasteiger partial charge >= 0.3 is 6.18 Å². The van der Waals surface area contributed by atoms with E-state index in [0.717, 1.165) is 24.0 Å². The first kappa shape index (κ1) is 16.4. The highest BCUT2D eigenvalue weighted by atomic mass is 32.2. The molecule has 2 aliphatic heterocycles. The van der Waals surface area contributed by atoms with Gasteiger partial charge in [-0.25, -0.2) is 9.97 Å². The van der Waals surface area contributed by atoms with Gasteiger partial charge < -0.3 is 9.80 Å². The standard InChI is InChI=1S/C14H18F3N5S/c1-13(2)9-19-12(23-13)22-7-5-21(6-8-22)11-18-4-3-10(20-11)14(15,16)17/h3-4H,5-9H2,1-2H3. The van der Waals surface area contributed by atoms with Gasteiger partial charge in [0.05, 0.1) is 6.54 Å². The Bertz CT molecular complexity index is 609. The minimum atomic E-state index is -4.44. The molecule has 23 heavy (non-hydrogen) atoms. The summed E-state index contributed by atoms with van der Waals surface area (Å²) in [5.41, 5.74) is -0.901. The quantitative estimate of drug-likeness (QED) is 0.782. The second-order valence-corrected chi connectivity index (χ2v) is 7.85. The van der Waals surface area contributed by atoms with E-state index in [1.807, 2.05) is 0 Å². The Labute approximate surface area is 137 Å². The van der Waals surface area contributed by atoms with Crippen molar-refractivity contribution in [2.45, 2.75) is 24.8 Å². The third-order valence-electron chi connectivity index (χ3n) is 3.73. The Balaban J connectivity index is 1.64. The molecule has 0 saturated carbocycles. The summed E-state index contributed by atoms with van der Waals surface area (Å²) in [4.78, 5) is 16.2. The van der Waals surface area contributed by atoms with Gasteiger partial charge in [0, 0.05) is 37.1 Å². The van der Waals surface area contributed by atoms with Gasteiger partial charge in [-0.05, 0) is 19.9 Å². The van der Waals surface area contributed by atoms with E-state index in [9.17, 15) is 13.2 Å². The molecule has 0 radical (unpaired) electrons. The molecule has 0 N–H and O–H groups in total. The summed E-state index contributed by atoms with van der Waals surface area (Å²) >= 11 is 1.75. The first-order valence-corrected chi connectivity index (χ1v) is 8.20. The number of hydrogen-bond acceptors (Lipinski definition) is 6. The molecule has 2 aliphatic rings. The normalized spacial score (nSPS) is 21.5. The molecule has 0 spiro atoms. The molecule has 0 atom stereocenters. The van der Waals surface area contributed by atoms with Crippen LogP contribution in [-0.4, -0.2) is 57.5 Å². The topological polar surface area (TPSA) is 44.6 Å². The van der Waals surface area contributed by atoms with Crippen molar-refractivity contribution in [1.29, 1.82) is 0 Å². The van der Waals surface area contributed by atoms with Gasteiger partial charge in [-0.15, -0.1) is 0 Å². The minimum Gasteiger partial charge on any atom is -0.348 e. The lowest BCUT2D eigenvalue weighted by molar-refractivity contribution is -0.141. The number of thioether (sulfide) groups is 1. The van der Waals surface area contributed by atoms with Crippen LogP contribution in [0.4, 0.5) is 19.1 Å². The van der Waals surface area contributed by atoms with Gasteiger partial charge in [0.1, 0.15) is 5.69 Å². The van der Waals surface area contributed by atoms with Gasteiger partial charge in [-0.3, -0.25) is 4.99 Å². The number of hydrogen-bond donors (Lipinski definition) is 0. The summed E-state index contributed by atoms with van der Waals surface area (Å²) < 4.78 is 38.3. The van der Waals surface area contributed by atoms with Crippen molar-refractivity contribution in [3.8, 4) is 0 Å². The Kier molecular flexibility index (Phi) is 4.16. The molecule has 0 bridgehead atoms. The number of halogens is 3. The Morgan fingerprint density at radius 1 is 1.13 bits per heavy atom. The first-order chi connectivity index (χ1) is 10.7. The number of aliphatic imine (C=N–C) groups is 1. The van der Waals surface area contributed by atoms with E-state index in [1.54, 1.807) is 16.7 Å². The van der Waals surface area contributed by atoms with Crippen LogP contribution in [0.5, 0.6) is 0 Å². The number of amidine groups is 1. The van der Waals surface area contributed by atoms with Gasteiger partial charge in [0.25, 0.3) is 0 Å². The SMILES string of the molecule is CC1(C)CN=C(N2CCN(c3nccc(C(F)(F)F)n3)CC2)S1. The van der Waals surface area contributed by atoms with Crippen LogP contribution in [0, 0.1) is 0 Å². The zero-order valence-corrected chi connectivity index (χ0v) is 13.8. The Morgan fingerprint density at radius 2 is 1.78 bits per heavy atom. The second kappa shape index (κ2) is 5.85. The molecule has 0 aliphatic carbocycles. The number of nitrogens with zero attached hydrogens (tertiary/aromatic N) is 5. The molecule has 1 fully saturated rings. The van der Waals surface area contributed by atoms with Crippen molar-refractivity contribution in [3.05, 3.63) is 18.0 Å². The third-order valence-corrected chi connectivity index (χ3v) is 4.98. The lowest BCUT2D eigenvalue weighted by atomic mass is 10.2. The molecule has 1 saturated heterocycles. The fourth-order valence-corrected chi connectivity index (χ4v) is 3.55. The van der Waals surface area contributed by atoms with Crippen molar-refractivity contribution in [2.24, 2.45) is 4.99 Å². The molecule has 9 heteroatoms. The zero-order valence-electron chi connectivity index (χ0n) is 13.0. The van der Waals surface area contributed by atoms with Gasteiger partial charge in [0.2, 0.25) is 5.95 Å². The summed E-state index contributed by atoms with van der Waals surface area (Å²) in [7, 11) is 0. The smallest absolute Gasteiger partial charge is 0.348 e. The lowest BCUT2D eigenvalue weighted by Crippen LogP contribution is -2.48. The van der Waals surface area contributed by atoms with Crippen molar-refractivity contribution in [3.63, 3.8) is 0 Å². The van der Waals surface area contributed by atoms with E-state index >= 15 is 0 Å². The van der Waals surface area contributed by atoms with Crippen LogP contribution in [0.25, 0.3) is 0 Å². The van der Waals surface area contributed by atoms with E-state index in [-0.39, 0.29) is 10.7 Å². The maximum atomic E-state index is 12.7. The second-order valence-electron chi connectivity index (χ2n) is 6.17. The number of anilines is 1. The molecule has 5 nitrogen and oxygen atoms in total. The van der Waals surface area contributed by atoms with Crippen molar-refractivity contribution < 1.29 is 13.2 Å². The van der Waals surface area contributed by atoms with Gasteiger partial charge in [0.15, 0.2) is 5.17 Å². The summed E-state index contributed by atoms with van der Waals surface area (Å²) in [5.74, 6) is 0.140. The molecule has 1 aromatic heterocycles. The highest BCUT2D eigenvalue weighted by Crippen LogP contribution is 2.34. The molecule has 0 amide bonds. The largest absolute Gasteiger partial charge is 0.433 e. The van der Waals surface area contributed by atoms with Gasteiger partial charge in [-0.1, -0.05) is 11.8 Å². The third kappa shape index (κ3) is 3.70. The van der Waals surface area contributed by atoms with Crippen molar-refractivity contribution in [2.75, 3.05) is 37.6 Å². The van der Waals surface area contributed by atoms with Crippen LogP contribution in [0.3, 0.4) is 0 Å². The highest BCUT2D eigenvalue weighted by Gasteiger charge is 2.34. The van der Waals surface area contributed by atoms with Crippen LogP contribution in [0.2, 0.25) is 0 Å². The number of alkyl halides is 3. The van der Waals surface area contributed by atoms with E-state index in [1.165, 1.54) is 0 Å². The molecule has 0 aromatic carbocycles. The van der Waals surface area contributed by atoms with Crippen LogP contribution in [0.15, 0.2) is 17.3 Å². The van der Waals surface area contributed by atoms with Crippen molar-refractivity contribution in [1.82, 2.24) is 14.9 Å². The highest BCUT2D eigenvalue weighted by molar-refractivity contribution is 8.15. The maximum absolute atomic E-state index is 12.7. The van der Waals surface area contributed by atoms with E-state index in [0.29, 0.717) is 26.2 Å². The summed E-state index contributed by atoms with van der Waals surface area (Å²) in [6.07, 6.45) is -3.28. The zero-order chi connectivity index (χ0) is 16.7. The maximum Gasteiger partial charge on any atom is 0.433 e. The summed E-state index contributed by atoms with van der Waals surface area (Å²) in [6, 6.07) is 0.895. The van der Waals surface area contributed by atoms with Gasteiger partial charge in [-0.2, -0.15) is 13.2 Å². The Hall–Kier alpha value is -1.51. The number of aromatic nitrogens is 2. The minimum absolute atomic E-state index is 0.122. The number of piperazine rings is 1. The monoisotopic (exact) mass is 345 g/mol. The average Bonchev–Trinajstić information content (AvgIpc) is 2.87. The van der Waals surface area contributed by atoms with Crippen LogP contribution in [0.1, 0.15) is 19.5 Å². The summed E-state index contributed by atoms with van der Waals surface area (Å²) in [6.45, 7) is 7.69. The fraction of sp³-hybridized carbons (Fsp3) is 0.643. The van der Waals surface area contributed by atoms with Crippen LogP contribution < -0.4 is 4.90 Å². The predicted molar refractivity (Wildman–Crippen MR) is 84.8 cm³/mol. The average molecular weight is 345 g/mol. The fourth-order valence-electron chi connectivity index (χ4n) is 2.49. The van der Waals surface area contributed by atoms with E-state index in [2.05, 4.69) is 33.7 Å². The molecular formula is C14H18F3N5S.